The molecule has 42 heavy (non-hydrogen) atoms. The van der Waals surface area contributed by atoms with Gasteiger partial charge in [-0.2, -0.15) is 0 Å². The number of hydrogen-bond acceptors (Lipinski definition) is 6. The molecule has 3 N–H and O–H groups in total. The van der Waals surface area contributed by atoms with Crippen LogP contribution in [0.1, 0.15) is 23.1 Å². The number of carboxylic acids is 1. The van der Waals surface area contributed by atoms with E-state index < -0.39 is 5.97 Å². The summed E-state index contributed by atoms with van der Waals surface area (Å²) in [6.45, 7) is 1.98. The predicted molar refractivity (Wildman–Crippen MR) is 172 cm³/mol. The topological polar surface area (TPSA) is 105 Å². The third kappa shape index (κ3) is 7.84. The summed E-state index contributed by atoms with van der Waals surface area (Å²) in [5, 5.41) is 15.4. The Hall–Kier alpha value is -3.99. The molecule has 1 aliphatic heterocycles. The number of aryl methyl sites for hydroxylation is 1. The number of amides is 2. The van der Waals surface area contributed by atoms with E-state index in [0.29, 0.717) is 29.9 Å². The number of nitrogens with one attached hydrogen (secondary N) is 2. The number of hydrogen-bond donors (Lipinski definition) is 3. The molecule has 0 atom stereocenters. The minimum Gasteiger partial charge on any atom is -0.481 e. The number of halogens is 1. The number of benzene rings is 3. The van der Waals surface area contributed by atoms with Crippen LogP contribution in [0.15, 0.2) is 71.2 Å². The number of nitrogens with zero attached hydrogens (tertiary/aromatic N) is 3. The van der Waals surface area contributed by atoms with Crippen molar-refractivity contribution in [3.63, 3.8) is 0 Å². The zero-order valence-corrected chi connectivity index (χ0v) is 25.9. The first-order valence-electron chi connectivity index (χ1n) is 13.7. The molecule has 0 unspecified atom stereocenters. The summed E-state index contributed by atoms with van der Waals surface area (Å²) in [5.41, 5.74) is 5.82. The number of rotatable bonds is 12. The maximum absolute atomic E-state index is 13.2. The van der Waals surface area contributed by atoms with Gasteiger partial charge in [-0.25, -0.2) is 0 Å². The van der Waals surface area contributed by atoms with E-state index >= 15 is 0 Å². The van der Waals surface area contributed by atoms with Crippen LogP contribution in [-0.2, 0) is 20.8 Å². The van der Waals surface area contributed by atoms with E-state index in [1.807, 2.05) is 92.8 Å². The van der Waals surface area contributed by atoms with Crippen molar-refractivity contribution in [2.24, 2.45) is 0 Å². The van der Waals surface area contributed by atoms with E-state index in [4.69, 9.17) is 5.11 Å². The summed E-state index contributed by atoms with van der Waals surface area (Å²) < 4.78 is 0.859. The molecule has 4 rings (SSSR count). The van der Waals surface area contributed by atoms with Gasteiger partial charge in [-0.05, 0) is 75.1 Å². The first-order valence-corrected chi connectivity index (χ1v) is 14.4. The number of likely N-dealkylation sites (N-methyl/N-ethyl adjacent to an activating group) is 3. The van der Waals surface area contributed by atoms with Crippen LogP contribution in [0, 0.1) is 0 Å². The molecule has 0 fully saturated rings. The Balaban J connectivity index is 1.60. The molecular formula is C32H36BrN5O4. The summed E-state index contributed by atoms with van der Waals surface area (Å²) in [6.07, 6.45) is 0.470. The Bertz CT molecular complexity index is 1490. The Labute approximate surface area is 254 Å². The number of fused-ring (bicyclic) bond motifs is 1. The average Bonchev–Trinajstić information content (AvgIpc) is 3.28. The van der Waals surface area contributed by atoms with Gasteiger partial charge in [0.05, 0.1) is 23.5 Å². The van der Waals surface area contributed by atoms with Gasteiger partial charge >= 0.3 is 5.97 Å². The fourth-order valence-electron chi connectivity index (χ4n) is 4.61. The fraction of sp³-hybridized carbons (Fsp3) is 0.281. The number of anilines is 3. The third-order valence-corrected chi connectivity index (χ3v) is 7.57. The highest BCUT2D eigenvalue weighted by Crippen LogP contribution is 2.39. The summed E-state index contributed by atoms with van der Waals surface area (Å²) >= 11 is 3.47. The summed E-state index contributed by atoms with van der Waals surface area (Å²) in [6, 6.07) is 20.7. The lowest BCUT2D eigenvalue weighted by molar-refractivity contribution is -0.137. The van der Waals surface area contributed by atoms with Crippen molar-refractivity contribution in [1.29, 1.82) is 0 Å². The molecule has 1 aliphatic rings. The largest absolute Gasteiger partial charge is 0.481 e. The molecule has 0 saturated carbocycles. The Morgan fingerprint density at radius 1 is 0.929 bits per heavy atom. The van der Waals surface area contributed by atoms with Crippen molar-refractivity contribution in [3.8, 4) is 0 Å². The molecule has 0 radical (unpaired) electrons. The molecule has 3 aromatic rings. The number of carbonyl (C=O) groups is 3. The molecule has 0 spiro atoms. The normalized spacial score (nSPS) is 13.6. The molecule has 10 heteroatoms. The van der Waals surface area contributed by atoms with Gasteiger partial charge in [-0.3, -0.25) is 19.3 Å². The molecule has 9 nitrogen and oxygen atoms in total. The van der Waals surface area contributed by atoms with Crippen molar-refractivity contribution in [2.75, 3.05) is 63.4 Å². The minimum atomic E-state index is -0.846. The maximum Gasteiger partial charge on any atom is 0.303 e. The number of aliphatic carboxylic acids is 1. The van der Waals surface area contributed by atoms with Crippen LogP contribution in [0.4, 0.5) is 17.1 Å². The first kappa shape index (κ1) is 31.0. The maximum atomic E-state index is 13.2. The first-order chi connectivity index (χ1) is 20.0. The molecule has 220 valence electrons. The zero-order valence-electron chi connectivity index (χ0n) is 24.3. The van der Waals surface area contributed by atoms with Gasteiger partial charge in [0.2, 0.25) is 5.91 Å². The van der Waals surface area contributed by atoms with E-state index in [9.17, 15) is 14.4 Å². The van der Waals surface area contributed by atoms with Gasteiger partial charge in [0, 0.05) is 48.0 Å². The van der Waals surface area contributed by atoms with E-state index in [1.54, 1.807) is 11.9 Å². The highest BCUT2D eigenvalue weighted by atomic mass is 79.9. The zero-order chi connectivity index (χ0) is 30.4. The van der Waals surface area contributed by atoms with Crippen LogP contribution in [0.2, 0.25) is 0 Å². The van der Waals surface area contributed by atoms with E-state index in [1.165, 1.54) is 0 Å². The smallest absolute Gasteiger partial charge is 0.303 e. The molecule has 2 amide bonds. The highest BCUT2D eigenvalue weighted by Gasteiger charge is 2.28. The molecule has 1 heterocycles. The van der Waals surface area contributed by atoms with Crippen LogP contribution < -0.4 is 15.5 Å². The van der Waals surface area contributed by atoms with Gasteiger partial charge in [-0.15, -0.1) is 0 Å². The molecule has 0 bridgehead atoms. The fourth-order valence-corrected chi connectivity index (χ4v) is 4.97. The molecule has 0 saturated heterocycles. The number of carbonyl (C=O) groups excluding carboxylic acids is 2. The second-order valence-electron chi connectivity index (χ2n) is 10.7. The summed E-state index contributed by atoms with van der Waals surface area (Å²) in [5.74, 6) is -1.07. The monoisotopic (exact) mass is 633 g/mol. The summed E-state index contributed by atoms with van der Waals surface area (Å²) in [4.78, 5) is 42.9. The molecule has 0 aliphatic carbocycles. The Morgan fingerprint density at radius 3 is 2.26 bits per heavy atom. The lowest BCUT2D eigenvalue weighted by Crippen LogP contribution is -2.39. The van der Waals surface area contributed by atoms with Crippen molar-refractivity contribution < 1.29 is 19.5 Å². The van der Waals surface area contributed by atoms with Gasteiger partial charge in [-0.1, -0.05) is 46.3 Å². The van der Waals surface area contributed by atoms with Crippen molar-refractivity contribution in [3.05, 3.63) is 87.9 Å². The van der Waals surface area contributed by atoms with Gasteiger partial charge in [0.25, 0.3) is 5.91 Å². The van der Waals surface area contributed by atoms with Crippen LogP contribution in [-0.4, -0.2) is 80.5 Å². The number of carboxylic acid groups (broad SMARTS) is 1. The van der Waals surface area contributed by atoms with Crippen LogP contribution in [0.25, 0.3) is 11.3 Å². The van der Waals surface area contributed by atoms with Crippen LogP contribution >= 0.6 is 15.9 Å². The Kier molecular flexibility index (Phi) is 10.2. The van der Waals surface area contributed by atoms with Crippen LogP contribution in [0.5, 0.6) is 0 Å². The van der Waals surface area contributed by atoms with Crippen LogP contribution in [0.3, 0.4) is 0 Å². The van der Waals surface area contributed by atoms with Gasteiger partial charge in [0.1, 0.15) is 0 Å². The average molecular weight is 635 g/mol. The highest BCUT2D eigenvalue weighted by molar-refractivity contribution is 9.10. The van der Waals surface area contributed by atoms with Gasteiger partial charge < -0.3 is 25.5 Å². The predicted octanol–water partition coefficient (Wildman–Crippen LogP) is 4.86. The lowest BCUT2D eigenvalue weighted by Gasteiger charge is -2.23. The van der Waals surface area contributed by atoms with Crippen molar-refractivity contribution >= 4 is 62.0 Å². The minimum absolute atomic E-state index is 0.00634. The summed E-state index contributed by atoms with van der Waals surface area (Å²) in [7, 11) is 7.72. The SMILES string of the molecule is CN(C)CCN(C)CC(=O)N(C)c1ccc(N/C(=C2\C(=O)Nc3cc(Br)ccc32)c2ccc(CCC(=O)O)cc2)cc1. The Morgan fingerprint density at radius 2 is 1.62 bits per heavy atom. The lowest BCUT2D eigenvalue weighted by atomic mass is 9.98. The third-order valence-electron chi connectivity index (χ3n) is 7.08. The van der Waals surface area contributed by atoms with E-state index in [2.05, 4.69) is 31.5 Å². The standard InChI is InChI=1S/C32H36BrN5O4/c1-36(2)17-18-37(3)20-28(39)38(4)25-13-11-24(12-14-25)34-31(22-8-5-21(6-9-22)7-16-29(40)41)30-26-15-10-23(33)19-27(26)35-32(30)42/h5-6,8-15,19,34H,7,16-18,20H2,1-4H3,(H,35,42)(H,40,41)/b31-30-. The second-order valence-corrected chi connectivity index (χ2v) is 11.6. The molecular weight excluding hydrogens is 598 g/mol. The second kappa shape index (κ2) is 13.8. The van der Waals surface area contributed by atoms with Crippen molar-refractivity contribution in [1.82, 2.24) is 9.80 Å². The van der Waals surface area contributed by atoms with Crippen molar-refractivity contribution in [2.45, 2.75) is 12.8 Å². The quantitative estimate of drug-likeness (QED) is 0.245. The van der Waals surface area contributed by atoms with Gasteiger partial charge in [0.15, 0.2) is 0 Å². The van der Waals surface area contributed by atoms with E-state index in [-0.39, 0.29) is 18.2 Å². The molecule has 0 aromatic heterocycles. The molecule has 3 aromatic carbocycles. The van der Waals surface area contributed by atoms with E-state index in [0.717, 1.165) is 45.6 Å².